The highest BCUT2D eigenvalue weighted by atomic mass is 16.5. The van der Waals surface area contributed by atoms with E-state index < -0.39 is 24.3 Å². The van der Waals surface area contributed by atoms with Crippen molar-refractivity contribution in [1.82, 2.24) is 20.0 Å². The maximum absolute atomic E-state index is 12.2. The van der Waals surface area contributed by atoms with Crippen LogP contribution in [0.1, 0.15) is 33.0 Å². The second kappa shape index (κ2) is 8.01. The van der Waals surface area contributed by atoms with Gasteiger partial charge in [-0.05, 0) is 30.7 Å². The number of hydrogen-bond donors (Lipinski definition) is 0. The van der Waals surface area contributed by atoms with E-state index in [2.05, 4.69) is 15.1 Å². The second-order valence-corrected chi connectivity index (χ2v) is 6.32. The number of pyridine rings is 1. The van der Waals surface area contributed by atoms with Crippen LogP contribution in [0.15, 0.2) is 53.3 Å². The van der Waals surface area contributed by atoms with Gasteiger partial charge in [-0.15, -0.1) is 0 Å². The molecule has 0 N–H and O–H groups in total. The van der Waals surface area contributed by atoms with Crippen LogP contribution in [0.3, 0.4) is 0 Å². The molecule has 0 radical (unpaired) electrons. The molecule has 1 aromatic carbocycles. The van der Waals surface area contributed by atoms with E-state index in [4.69, 9.17) is 9.26 Å². The van der Waals surface area contributed by atoms with E-state index in [1.807, 2.05) is 6.07 Å². The van der Waals surface area contributed by atoms with Gasteiger partial charge in [0.1, 0.15) is 6.54 Å². The summed E-state index contributed by atoms with van der Waals surface area (Å²) in [7, 11) is 0. The highest BCUT2D eigenvalue weighted by Gasteiger charge is 2.36. The molecular weight excluding hydrogens is 376 g/mol. The number of imide groups is 1. The molecule has 0 saturated carbocycles. The van der Waals surface area contributed by atoms with E-state index >= 15 is 0 Å². The fourth-order valence-corrected chi connectivity index (χ4v) is 2.94. The Hall–Kier alpha value is -3.88. The number of carbonyl (C=O) groups is 3. The van der Waals surface area contributed by atoms with Gasteiger partial charge in [0.25, 0.3) is 11.8 Å². The van der Waals surface area contributed by atoms with Crippen molar-refractivity contribution in [2.24, 2.45) is 0 Å². The number of benzene rings is 1. The lowest BCUT2D eigenvalue weighted by atomic mass is 10.1. The van der Waals surface area contributed by atoms with E-state index in [0.717, 1.165) is 10.5 Å². The molecule has 2 aromatic heterocycles. The van der Waals surface area contributed by atoms with Crippen molar-refractivity contribution in [3.8, 4) is 11.4 Å². The van der Waals surface area contributed by atoms with Gasteiger partial charge in [-0.3, -0.25) is 24.3 Å². The molecule has 9 heteroatoms. The topological polar surface area (TPSA) is 115 Å². The standard InChI is InChI=1S/C20H16N4O5/c25-17(12-24-19(26)14-6-1-2-7-15(14)20(24)27)28-10-4-8-16-22-18(23-29-16)13-5-3-9-21-11-13/h1-3,5-7,9,11H,4,8,10,12H2. The van der Waals surface area contributed by atoms with Crippen molar-refractivity contribution in [1.29, 1.82) is 0 Å². The molecule has 1 aliphatic heterocycles. The van der Waals surface area contributed by atoms with E-state index in [0.29, 0.717) is 35.7 Å². The summed E-state index contributed by atoms with van der Waals surface area (Å²) < 4.78 is 10.3. The summed E-state index contributed by atoms with van der Waals surface area (Å²) in [5.74, 6) is -0.773. The van der Waals surface area contributed by atoms with Gasteiger partial charge < -0.3 is 9.26 Å². The Morgan fingerprint density at radius 2 is 1.83 bits per heavy atom. The third-order valence-electron chi connectivity index (χ3n) is 4.35. The third kappa shape index (κ3) is 3.88. The Labute approximate surface area is 165 Å². The number of esters is 1. The molecule has 29 heavy (non-hydrogen) atoms. The van der Waals surface area contributed by atoms with E-state index in [1.165, 1.54) is 0 Å². The van der Waals surface area contributed by atoms with Gasteiger partial charge in [-0.1, -0.05) is 17.3 Å². The first-order chi connectivity index (χ1) is 14.1. The van der Waals surface area contributed by atoms with E-state index in [9.17, 15) is 14.4 Å². The zero-order chi connectivity index (χ0) is 20.2. The van der Waals surface area contributed by atoms with Crippen molar-refractivity contribution < 1.29 is 23.6 Å². The van der Waals surface area contributed by atoms with Crippen LogP contribution < -0.4 is 0 Å². The Balaban J connectivity index is 1.24. The van der Waals surface area contributed by atoms with Crippen LogP contribution in [-0.4, -0.2) is 51.0 Å². The smallest absolute Gasteiger partial charge is 0.326 e. The number of nitrogens with zero attached hydrogens (tertiary/aromatic N) is 4. The zero-order valence-corrected chi connectivity index (χ0v) is 15.3. The third-order valence-corrected chi connectivity index (χ3v) is 4.35. The van der Waals surface area contributed by atoms with Gasteiger partial charge in [0.15, 0.2) is 0 Å². The van der Waals surface area contributed by atoms with Crippen LogP contribution in [0.4, 0.5) is 0 Å². The predicted molar refractivity (Wildman–Crippen MR) is 98.6 cm³/mol. The first-order valence-corrected chi connectivity index (χ1v) is 8.97. The summed E-state index contributed by atoms with van der Waals surface area (Å²) in [5.41, 5.74) is 1.34. The highest BCUT2D eigenvalue weighted by molar-refractivity contribution is 6.22. The molecule has 9 nitrogen and oxygen atoms in total. The first kappa shape index (κ1) is 18.5. The Morgan fingerprint density at radius 1 is 1.07 bits per heavy atom. The van der Waals surface area contributed by atoms with E-state index in [1.54, 1.807) is 42.7 Å². The molecule has 0 saturated heterocycles. The minimum atomic E-state index is -0.652. The Kier molecular flexibility index (Phi) is 5.10. The molecule has 146 valence electrons. The maximum atomic E-state index is 12.2. The van der Waals surface area contributed by atoms with Gasteiger partial charge in [-0.2, -0.15) is 4.98 Å². The van der Waals surface area contributed by atoms with Crippen LogP contribution in [0.2, 0.25) is 0 Å². The molecule has 1 aliphatic rings. The lowest BCUT2D eigenvalue weighted by Gasteiger charge is -2.12. The lowest BCUT2D eigenvalue weighted by molar-refractivity contribution is -0.144. The Bertz CT molecular complexity index is 1030. The van der Waals surface area contributed by atoms with Crippen LogP contribution in [-0.2, 0) is 16.0 Å². The minimum absolute atomic E-state index is 0.104. The molecule has 3 aromatic rings. The van der Waals surface area contributed by atoms with Gasteiger partial charge in [0, 0.05) is 24.4 Å². The molecule has 0 atom stereocenters. The molecule has 0 spiro atoms. The van der Waals surface area contributed by atoms with Gasteiger partial charge >= 0.3 is 5.97 Å². The molecule has 2 amide bonds. The predicted octanol–water partition coefficient (Wildman–Crippen LogP) is 1.90. The van der Waals surface area contributed by atoms with Crippen molar-refractivity contribution in [3.05, 3.63) is 65.8 Å². The van der Waals surface area contributed by atoms with Crippen LogP contribution in [0.25, 0.3) is 11.4 Å². The molecule has 0 unspecified atom stereocenters. The monoisotopic (exact) mass is 392 g/mol. The minimum Gasteiger partial charge on any atom is -0.464 e. The summed E-state index contributed by atoms with van der Waals surface area (Å²) >= 11 is 0. The summed E-state index contributed by atoms with van der Waals surface area (Å²) in [4.78, 5) is 45.7. The quantitative estimate of drug-likeness (QED) is 0.340. The largest absolute Gasteiger partial charge is 0.464 e. The summed E-state index contributed by atoms with van der Waals surface area (Å²) in [6, 6.07) is 10.1. The van der Waals surface area contributed by atoms with Crippen LogP contribution in [0, 0.1) is 0 Å². The zero-order valence-electron chi connectivity index (χ0n) is 15.3. The van der Waals surface area contributed by atoms with Crippen molar-refractivity contribution in [2.75, 3.05) is 13.2 Å². The number of ether oxygens (including phenoxy) is 1. The average molecular weight is 392 g/mol. The number of amides is 2. The number of rotatable bonds is 7. The molecular formula is C20H16N4O5. The summed E-state index contributed by atoms with van der Waals surface area (Å²) in [6.07, 6.45) is 4.17. The number of hydrogen-bond acceptors (Lipinski definition) is 8. The number of carbonyl (C=O) groups excluding carboxylic acids is 3. The SMILES string of the molecule is O=C(CN1C(=O)c2ccccc2C1=O)OCCCc1nc(-c2cccnc2)no1. The average Bonchev–Trinajstić information content (AvgIpc) is 3.32. The molecule has 0 fully saturated rings. The van der Waals surface area contributed by atoms with Crippen molar-refractivity contribution in [2.45, 2.75) is 12.8 Å². The molecule has 0 bridgehead atoms. The van der Waals surface area contributed by atoms with E-state index in [-0.39, 0.29) is 6.61 Å². The van der Waals surface area contributed by atoms with Gasteiger partial charge in [0.05, 0.1) is 17.7 Å². The second-order valence-electron chi connectivity index (χ2n) is 6.32. The van der Waals surface area contributed by atoms with Crippen molar-refractivity contribution in [3.63, 3.8) is 0 Å². The van der Waals surface area contributed by atoms with Crippen LogP contribution in [0.5, 0.6) is 0 Å². The lowest BCUT2D eigenvalue weighted by Crippen LogP contribution is -2.35. The van der Waals surface area contributed by atoms with Crippen LogP contribution >= 0.6 is 0 Å². The summed E-state index contributed by atoms with van der Waals surface area (Å²) in [5, 5.41) is 3.89. The Morgan fingerprint density at radius 3 is 2.52 bits per heavy atom. The fraction of sp³-hybridized carbons (Fsp3) is 0.200. The normalized spacial score (nSPS) is 12.9. The van der Waals surface area contributed by atoms with Crippen molar-refractivity contribution >= 4 is 17.8 Å². The summed E-state index contributed by atoms with van der Waals surface area (Å²) in [6.45, 7) is -0.315. The first-order valence-electron chi connectivity index (χ1n) is 8.97. The number of aromatic nitrogens is 3. The molecule has 3 heterocycles. The number of aryl methyl sites for hydroxylation is 1. The molecule has 0 aliphatic carbocycles. The fourth-order valence-electron chi connectivity index (χ4n) is 2.94. The van der Waals surface area contributed by atoms with Gasteiger partial charge in [-0.25, -0.2) is 0 Å². The maximum Gasteiger partial charge on any atom is 0.326 e. The molecule has 4 rings (SSSR count). The van der Waals surface area contributed by atoms with Gasteiger partial charge in [0.2, 0.25) is 11.7 Å². The highest BCUT2D eigenvalue weighted by Crippen LogP contribution is 2.22. The number of fused-ring (bicyclic) bond motifs is 1.